The molecule has 2 aromatic rings. The third-order valence-corrected chi connectivity index (χ3v) is 4.42. The zero-order valence-corrected chi connectivity index (χ0v) is 18.7. The van der Waals surface area contributed by atoms with Crippen LogP contribution in [0.2, 0.25) is 5.02 Å². The van der Waals surface area contributed by atoms with Gasteiger partial charge in [0, 0.05) is 18.1 Å². The van der Waals surface area contributed by atoms with Gasteiger partial charge < -0.3 is 25.2 Å². The lowest BCUT2D eigenvalue weighted by atomic mass is 10.1. The quantitative estimate of drug-likeness (QED) is 0.298. The second kappa shape index (κ2) is 11.3. The van der Waals surface area contributed by atoms with Gasteiger partial charge in [-0.3, -0.25) is 4.99 Å². The van der Waals surface area contributed by atoms with E-state index in [4.69, 9.17) is 21.1 Å². The first-order valence-electron chi connectivity index (χ1n) is 9.00. The second-order valence-electron chi connectivity index (χ2n) is 6.15. The minimum Gasteiger partial charge on any atom is -0.454 e. The number of rotatable bonds is 7. The Bertz CT molecular complexity index is 787. The fourth-order valence-electron chi connectivity index (χ4n) is 2.73. The highest BCUT2D eigenvalue weighted by Gasteiger charge is 2.13. The number of benzene rings is 2. The normalized spacial score (nSPS) is 13.6. The lowest BCUT2D eigenvalue weighted by Gasteiger charge is -2.13. The predicted octanol–water partition coefficient (Wildman–Crippen LogP) is 3.52. The van der Waals surface area contributed by atoms with Crippen LogP contribution in [-0.2, 0) is 6.42 Å². The van der Waals surface area contributed by atoms with E-state index in [1.54, 1.807) is 12.1 Å². The van der Waals surface area contributed by atoms with Gasteiger partial charge in [-0.2, -0.15) is 0 Å². The molecule has 0 amide bonds. The van der Waals surface area contributed by atoms with Crippen molar-refractivity contribution in [3.63, 3.8) is 0 Å². The minimum absolute atomic E-state index is 0. The van der Waals surface area contributed by atoms with E-state index in [2.05, 4.69) is 15.6 Å². The maximum atomic E-state index is 10.3. The lowest BCUT2D eigenvalue weighted by molar-refractivity contribution is 0.174. The first-order chi connectivity index (χ1) is 13.2. The fraction of sp³-hybridized carbons (Fsp3) is 0.350. The van der Waals surface area contributed by atoms with Crippen molar-refractivity contribution in [2.75, 3.05) is 26.4 Å². The van der Waals surface area contributed by atoms with Crippen molar-refractivity contribution >= 4 is 41.5 Å². The van der Waals surface area contributed by atoms with Gasteiger partial charge in [-0.25, -0.2) is 0 Å². The van der Waals surface area contributed by atoms with Crippen LogP contribution in [0.3, 0.4) is 0 Å². The maximum Gasteiger partial charge on any atom is 0.231 e. The van der Waals surface area contributed by atoms with Gasteiger partial charge in [-0.15, -0.1) is 24.0 Å². The third-order valence-electron chi connectivity index (χ3n) is 4.16. The highest BCUT2D eigenvalue weighted by Crippen LogP contribution is 2.32. The van der Waals surface area contributed by atoms with Crippen LogP contribution >= 0.6 is 35.6 Å². The number of hydrogen-bond donors (Lipinski definition) is 3. The van der Waals surface area contributed by atoms with E-state index in [-0.39, 0.29) is 37.3 Å². The third kappa shape index (κ3) is 6.42. The molecule has 3 rings (SSSR count). The second-order valence-corrected chi connectivity index (χ2v) is 6.59. The number of ether oxygens (including phenoxy) is 2. The Morgan fingerprint density at radius 2 is 1.89 bits per heavy atom. The summed E-state index contributed by atoms with van der Waals surface area (Å²) in [6.45, 7) is 4.01. The highest BCUT2D eigenvalue weighted by atomic mass is 127. The van der Waals surface area contributed by atoms with E-state index in [1.165, 1.54) is 0 Å². The molecule has 1 aliphatic heterocycles. The van der Waals surface area contributed by atoms with Crippen molar-refractivity contribution in [2.24, 2.45) is 4.99 Å². The number of hydrogen-bond acceptors (Lipinski definition) is 4. The summed E-state index contributed by atoms with van der Waals surface area (Å²) in [5, 5.41) is 17.4. The number of aliphatic hydroxyl groups is 1. The number of fused-ring (bicyclic) bond motifs is 1. The lowest BCUT2D eigenvalue weighted by Crippen LogP contribution is -2.38. The van der Waals surface area contributed by atoms with Crippen molar-refractivity contribution in [3.05, 3.63) is 58.6 Å². The van der Waals surface area contributed by atoms with Crippen LogP contribution in [0.25, 0.3) is 0 Å². The van der Waals surface area contributed by atoms with Crippen LogP contribution in [-0.4, -0.2) is 37.5 Å². The zero-order valence-electron chi connectivity index (χ0n) is 15.7. The number of nitrogens with zero attached hydrogens (tertiary/aromatic N) is 1. The molecule has 0 spiro atoms. The Kier molecular flexibility index (Phi) is 9.14. The molecule has 152 valence electrons. The molecule has 2 aromatic carbocycles. The summed E-state index contributed by atoms with van der Waals surface area (Å²) >= 11 is 5.88. The largest absolute Gasteiger partial charge is 0.454 e. The summed E-state index contributed by atoms with van der Waals surface area (Å²) in [7, 11) is 0. The van der Waals surface area contributed by atoms with Crippen LogP contribution in [0, 0.1) is 0 Å². The van der Waals surface area contributed by atoms with Gasteiger partial charge in [0.1, 0.15) is 0 Å². The first kappa shape index (κ1) is 22.6. The van der Waals surface area contributed by atoms with Crippen molar-refractivity contribution in [2.45, 2.75) is 19.4 Å². The number of guanidine groups is 1. The number of aliphatic imine (C=N–C) groups is 1. The summed E-state index contributed by atoms with van der Waals surface area (Å²) in [5.74, 6) is 2.25. The molecule has 1 aliphatic rings. The average Bonchev–Trinajstić information content (AvgIpc) is 3.14. The van der Waals surface area contributed by atoms with E-state index in [9.17, 15) is 5.11 Å². The topological polar surface area (TPSA) is 75.1 Å². The Morgan fingerprint density at radius 3 is 2.64 bits per heavy atom. The molecule has 0 aliphatic carbocycles. The van der Waals surface area contributed by atoms with Crippen LogP contribution in [0.1, 0.15) is 24.2 Å². The molecule has 0 radical (unpaired) electrons. The van der Waals surface area contributed by atoms with Crippen molar-refractivity contribution in [1.82, 2.24) is 10.6 Å². The molecule has 1 atom stereocenters. The van der Waals surface area contributed by atoms with Gasteiger partial charge in [0.2, 0.25) is 6.79 Å². The molecule has 1 unspecified atom stereocenters. The zero-order chi connectivity index (χ0) is 19.1. The number of nitrogens with one attached hydrogen (secondary N) is 2. The molecule has 6 nitrogen and oxygen atoms in total. The first-order valence-corrected chi connectivity index (χ1v) is 9.37. The van der Waals surface area contributed by atoms with Gasteiger partial charge in [-0.05, 0) is 48.7 Å². The smallest absolute Gasteiger partial charge is 0.231 e. The monoisotopic (exact) mass is 517 g/mol. The summed E-state index contributed by atoms with van der Waals surface area (Å²) < 4.78 is 10.7. The Labute approximate surface area is 187 Å². The molecule has 0 bridgehead atoms. The average molecular weight is 518 g/mol. The minimum atomic E-state index is -0.674. The van der Waals surface area contributed by atoms with E-state index in [1.807, 2.05) is 37.3 Å². The predicted molar refractivity (Wildman–Crippen MR) is 122 cm³/mol. The van der Waals surface area contributed by atoms with Gasteiger partial charge in [-0.1, -0.05) is 29.8 Å². The van der Waals surface area contributed by atoms with E-state index in [0.717, 1.165) is 35.6 Å². The molecule has 0 aromatic heterocycles. The molecule has 3 N–H and O–H groups in total. The van der Waals surface area contributed by atoms with E-state index in [0.29, 0.717) is 17.5 Å². The molecule has 0 saturated carbocycles. The Hall–Kier alpha value is -1.71. The van der Waals surface area contributed by atoms with Crippen LogP contribution in [0.15, 0.2) is 47.5 Å². The SMILES string of the molecule is CCNC(=NCC(O)c1ccc(Cl)cc1)NCCc1ccc2c(c1)OCO2.I. The van der Waals surface area contributed by atoms with Crippen molar-refractivity contribution in [1.29, 1.82) is 0 Å². The standard InChI is InChI=1S/C20H24ClN3O3.HI/c1-2-22-20(24-12-17(25)15-4-6-16(21)7-5-15)23-10-9-14-3-8-18-19(11-14)27-13-26-18;/h3-8,11,17,25H,2,9-10,12-13H2,1H3,(H2,22,23,24);1H. The van der Waals surface area contributed by atoms with Crippen LogP contribution in [0.5, 0.6) is 11.5 Å². The van der Waals surface area contributed by atoms with Gasteiger partial charge in [0.25, 0.3) is 0 Å². The van der Waals surface area contributed by atoms with Crippen molar-refractivity contribution < 1.29 is 14.6 Å². The molecule has 0 fully saturated rings. The van der Waals surface area contributed by atoms with Crippen molar-refractivity contribution in [3.8, 4) is 11.5 Å². The molecule has 0 saturated heterocycles. The van der Waals surface area contributed by atoms with Crippen LogP contribution in [0.4, 0.5) is 0 Å². The van der Waals surface area contributed by atoms with E-state index < -0.39 is 6.10 Å². The fourth-order valence-corrected chi connectivity index (χ4v) is 2.86. The van der Waals surface area contributed by atoms with Gasteiger partial charge in [0.05, 0.1) is 12.6 Å². The van der Waals surface area contributed by atoms with E-state index >= 15 is 0 Å². The van der Waals surface area contributed by atoms with Crippen LogP contribution < -0.4 is 20.1 Å². The molecule has 8 heteroatoms. The molecular weight excluding hydrogens is 493 g/mol. The summed E-state index contributed by atoms with van der Waals surface area (Å²) in [6, 6.07) is 13.1. The number of halogens is 2. The summed E-state index contributed by atoms with van der Waals surface area (Å²) in [5.41, 5.74) is 1.95. The molecular formula is C20H25ClIN3O3. The highest BCUT2D eigenvalue weighted by molar-refractivity contribution is 14.0. The summed E-state index contributed by atoms with van der Waals surface area (Å²) in [4.78, 5) is 4.47. The van der Waals surface area contributed by atoms with Gasteiger partial charge in [0.15, 0.2) is 17.5 Å². The number of aliphatic hydroxyl groups excluding tert-OH is 1. The Morgan fingerprint density at radius 1 is 1.14 bits per heavy atom. The molecule has 1 heterocycles. The Balaban J connectivity index is 0.00000280. The van der Waals surface area contributed by atoms with Gasteiger partial charge >= 0.3 is 0 Å². The maximum absolute atomic E-state index is 10.3. The summed E-state index contributed by atoms with van der Waals surface area (Å²) in [6.07, 6.45) is 0.146. The molecule has 28 heavy (non-hydrogen) atoms.